The zero-order chi connectivity index (χ0) is 12.3. The molecule has 0 unspecified atom stereocenters. The van der Waals surface area contributed by atoms with E-state index >= 15 is 0 Å². The fraction of sp³-hybridized carbons (Fsp3) is 0.462. The van der Waals surface area contributed by atoms with Crippen LogP contribution in [-0.2, 0) is 6.42 Å². The van der Waals surface area contributed by atoms with Crippen molar-refractivity contribution in [2.45, 2.75) is 6.42 Å². The number of rotatable bonds is 4. The van der Waals surface area contributed by atoms with Gasteiger partial charge in [-0.1, -0.05) is 6.07 Å². The van der Waals surface area contributed by atoms with E-state index in [1.54, 1.807) is 16.7 Å². The molecule has 0 aliphatic carbocycles. The molecule has 1 aromatic carbocycles. The summed E-state index contributed by atoms with van der Waals surface area (Å²) >= 11 is 1.76. The van der Waals surface area contributed by atoms with Crippen LogP contribution in [0.1, 0.15) is 15.9 Å². The SMILES string of the molecule is CSCCN(C)C(=O)c1ccc2c(c1)NCC2. The molecule has 1 N–H and O–H groups in total. The second-order valence-electron chi connectivity index (χ2n) is 4.27. The molecule has 1 aliphatic rings. The number of anilines is 1. The van der Waals surface area contributed by atoms with Crippen LogP contribution >= 0.6 is 11.8 Å². The summed E-state index contributed by atoms with van der Waals surface area (Å²) in [6, 6.07) is 5.97. The first kappa shape index (κ1) is 12.3. The summed E-state index contributed by atoms with van der Waals surface area (Å²) in [5.74, 6) is 1.08. The van der Waals surface area contributed by atoms with Crippen LogP contribution in [0.5, 0.6) is 0 Å². The van der Waals surface area contributed by atoms with Crippen molar-refractivity contribution in [1.29, 1.82) is 0 Å². The van der Waals surface area contributed by atoms with E-state index in [1.807, 2.05) is 19.2 Å². The Hall–Kier alpha value is -1.16. The summed E-state index contributed by atoms with van der Waals surface area (Å²) in [5.41, 5.74) is 3.21. The molecular weight excluding hydrogens is 232 g/mol. The lowest BCUT2D eigenvalue weighted by molar-refractivity contribution is 0.0804. The zero-order valence-electron chi connectivity index (χ0n) is 10.3. The molecule has 0 radical (unpaired) electrons. The minimum Gasteiger partial charge on any atom is -0.384 e. The van der Waals surface area contributed by atoms with Crippen LogP contribution in [-0.4, -0.2) is 43.0 Å². The summed E-state index contributed by atoms with van der Waals surface area (Å²) in [4.78, 5) is 13.9. The van der Waals surface area contributed by atoms with Crippen molar-refractivity contribution in [3.05, 3.63) is 29.3 Å². The van der Waals surface area contributed by atoms with Gasteiger partial charge in [-0.15, -0.1) is 0 Å². The molecule has 0 aromatic heterocycles. The third-order valence-corrected chi connectivity index (χ3v) is 3.63. The predicted octanol–water partition coefficient (Wildman–Crippen LogP) is 2.09. The van der Waals surface area contributed by atoms with Crippen molar-refractivity contribution < 1.29 is 4.79 Å². The van der Waals surface area contributed by atoms with Gasteiger partial charge in [0, 0.05) is 37.1 Å². The van der Waals surface area contributed by atoms with Gasteiger partial charge in [0.2, 0.25) is 0 Å². The molecule has 1 heterocycles. The zero-order valence-corrected chi connectivity index (χ0v) is 11.1. The third-order valence-electron chi connectivity index (χ3n) is 3.04. The molecule has 92 valence electrons. The normalized spacial score (nSPS) is 13.1. The van der Waals surface area contributed by atoms with Crippen molar-refractivity contribution in [3.63, 3.8) is 0 Å². The standard InChI is InChI=1S/C13H18N2OS/c1-15(7-8-17-2)13(16)11-4-3-10-5-6-14-12(10)9-11/h3-4,9,14H,5-8H2,1-2H3. The molecule has 17 heavy (non-hydrogen) atoms. The molecule has 0 saturated heterocycles. The van der Waals surface area contributed by atoms with Gasteiger partial charge in [-0.05, 0) is 30.4 Å². The molecule has 0 fully saturated rings. The number of fused-ring (bicyclic) bond motifs is 1. The van der Waals surface area contributed by atoms with Gasteiger partial charge in [-0.3, -0.25) is 4.79 Å². The fourth-order valence-corrected chi connectivity index (χ4v) is 2.43. The van der Waals surface area contributed by atoms with E-state index in [-0.39, 0.29) is 5.91 Å². The molecule has 2 rings (SSSR count). The minimum atomic E-state index is 0.107. The van der Waals surface area contributed by atoms with Crippen LogP contribution in [0.3, 0.4) is 0 Å². The first-order valence-electron chi connectivity index (χ1n) is 5.83. The second-order valence-corrected chi connectivity index (χ2v) is 5.25. The van der Waals surface area contributed by atoms with E-state index in [1.165, 1.54) is 5.56 Å². The third kappa shape index (κ3) is 2.75. The quantitative estimate of drug-likeness (QED) is 0.888. The summed E-state index contributed by atoms with van der Waals surface area (Å²) < 4.78 is 0. The highest BCUT2D eigenvalue weighted by Gasteiger charge is 2.15. The largest absolute Gasteiger partial charge is 0.384 e. The molecule has 3 nitrogen and oxygen atoms in total. The predicted molar refractivity (Wildman–Crippen MR) is 74.0 cm³/mol. The molecular formula is C13H18N2OS. The second kappa shape index (κ2) is 5.45. The number of carbonyl (C=O) groups is 1. The first-order valence-corrected chi connectivity index (χ1v) is 7.23. The van der Waals surface area contributed by atoms with Gasteiger partial charge in [0.05, 0.1) is 0 Å². The van der Waals surface area contributed by atoms with Crippen molar-refractivity contribution in [1.82, 2.24) is 4.90 Å². The van der Waals surface area contributed by atoms with Gasteiger partial charge in [0.1, 0.15) is 0 Å². The Bertz CT molecular complexity index is 420. The van der Waals surface area contributed by atoms with Crippen molar-refractivity contribution in [2.75, 3.05) is 37.5 Å². The average Bonchev–Trinajstić information content (AvgIpc) is 2.81. The Morgan fingerprint density at radius 2 is 2.35 bits per heavy atom. The molecule has 1 amide bonds. The van der Waals surface area contributed by atoms with Gasteiger partial charge in [-0.2, -0.15) is 11.8 Å². The number of nitrogens with one attached hydrogen (secondary N) is 1. The number of hydrogen-bond acceptors (Lipinski definition) is 3. The van der Waals surface area contributed by atoms with Crippen molar-refractivity contribution in [2.24, 2.45) is 0 Å². The summed E-state index contributed by atoms with van der Waals surface area (Å²) in [6.07, 6.45) is 3.11. The van der Waals surface area contributed by atoms with E-state index < -0.39 is 0 Å². The van der Waals surface area contributed by atoms with E-state index in [4.69, 9.17) is 0 Å². The molecule has 1 aromatic rings. The highest BCUT2D eigenvalue weighted by molar-refractivity contribution is 7.98. The number of nitrogens with zero attached hydrogens (tertiary/aromatic N) is 1. The Labute approximate surface area is 107 Å². The number of amides is 1. The Balaban J connectivity index is 2.09. The van der Waals surface area contributed by atoms with E-state index in [9.17, 15) is 4.79 Å². The van der Waals surface area contributed by atoms with Gasteiger partial charge in [-0.25, -0.2) is 0 Å². The number of carbonyl (C=O) groups excluding carboxylic acids is 1. The number of thioether (sulfide) groups is 1. The van der Waals surface area contributed by atoms with Crippen LogP contribution in [0.4, 0.5) is 5.69 Å². The van der Waals surface area contributed by atoms with Crippen LogP contribution in [0.25, 0.3) is 0 Å². The van der Waals surface area contributed by atoms with Gasteiger partial charge in [0.15, 0.2) is 0 Å². The Morgan fingerprint density at radius 3 is 3.12 bits per heavy atom. The lowest BCUT2D eigenvalue weighted by Crippen LogP contribution is -2.28. The molecule has 4 heteroatoms. The maximum absolute atomic E-state index is 12.1. The summed E-state index contributed by atoms with van der Waals surface area (Å²) in [5, 5.41) is 3.30. The lowest BCUT2D eigenvalue weighted by atomic mass is 10.1. The topological polar surface area (TPSA) is 32.3 Å². The summed E-state index contributed by atoms with van der Waals surface area (Å²) in [7, 11) is 1.86. The highest BCUT2D eigenvalue weighted by Crippen LogP contribution is 2.23. The average molecular weight is 250 g/mol. The molecule has 0 atom stereocenters. The van der Waals surface area contributed by atoms with Gasteiger partial charge >= 0.3 is 0 Å². The van der Waals surface area contributed by atoms with Crippen LogP contribution in [0.15, 0.2) is 18.2 Å². The van der Waals surface area contributed by atoms with Crippen LogP contribution < -0.4 is 5.32 Å². The molecule has 0 saturated carbocycles. The Kier molecular flexibility index (Phi) is 3.94. The maximum Gasteiger partial charge on any atom is 0.253 e. The molecule has 0 spiro atoms. The highest BCUT2D eigenvalue weighted by atomic mass is 32.2. The molecule has 0 bridgehead atoms. The number of hydrogen-bond donors (Lipinski definition) is 1. The van der Waals surface area contributed by atoms with Gasteiger partial charge in [0.25, 0.3) is 5.91 Å². The van der Waals surface area contributed by atoms with Gasteiger partial charge < -0.3 is 10.2 Å². The van der Waals surface area contributed by atoms with Crippen molar-refractivity contribution in [3.8, 4) is 0 Å². The molecule has 1 aliphatic heterocycles. The maximum atomic E-state index is 12.1. The Morgan fingerprint density at radius 1 is 1.53 bits per heavy atom. The monoisotopic (exact) mass is 250 g/mol. The lowest BCUT2D eigenvalue weighted by Gasteiger charge is -2.17. The van der Waals surface area contributed by atoms with Crippen LogP contribution in [0.2, 0.25) is 0 Å². The van der Waals surface area contributed by atoms with E-state index in [2.05, 4.69) is 17.6 Å². The fourth-order valence-electron chi connectivity index (χ4n) is 1.97. The van der Waals surface area contributed by atoms with Crippen molar-refractivity contribution >= 4 is 23.4 Å². The minimum absolute atomic E-state index is 0.107. The smallest absolute Gasteiger partial charge is 0.253 e. The number of benzene rings is 1. The van der Waals surface area contributed by atoms with Crippen LogP contribution in [0, 0.1) is 0 Å². The first-order chi connectivity index (χ1) is 8.22. The van der Waals surface area contributed by atoms with E-state index in [0.717, 1.165) is 36.5 Å². The van der Waals surface area contributed by atoms with E-state index in [0.29, 0.717) is 0 Å². The summed E-state index contributed by atoms with van der Waals surface area (Å²) in [6.45, 7) is 1.78.